The van der Waals surface area contributed by atoms with E-state index in [2.05, 4.69) is 21.7 Å². The lowest BCUT2D eigenvalue weighted by Crippen LogP contribution is -2.09. The molecule has 0 spiro atoms. The van der Waals surface area contributed by atoms with Gasteiger partial charge in [-0.2, -0.15) is 0 Å². The number of hydrogen-bond acceptors (Lipinski definition) is 2. The van der Waals surface area contributed by atoms with Crippen LogP contribution in [0.5, 0.6) is 0 Å². The first kappa shape index (κ1) is 11.3. The number of halogens is 1. The molecule has 3 aliphatic carbocycles. The minimum absolute atomic E-state index is 0.488. The van der Waals surface area contributed by atoms with Crippen molar-refractivity contribution in [3.63, 3.8) is 0 Å². The van der Waals surface area contributed by atoms with Crippen LogP contribution in [0.25, 0.3) is 0 Å². The first-order valence-corrected chi connectivity index (χ1v) is 7.86. The standard InChI is InChI=1S/C14H20ClN3/c1-2-5-18-10(7-15)16-17-14(18)13-11-8-3-4-9(6-8)12(11)13/h8-9,11-13H,2-7H2,1H3. The third-order valence-corrected chi connectivity index (χ3v) is 5.70. The van der Waals surface area contributed by atoms with Gasteiger partial charge in [0.15, 0.2) is 0 Å². The molecule has 18 heavy (non-hydrogen) atoms. The van der Waals surface area contributed by atoms with Crippen molar-refractivity contribution in [2.75, 3.05) is 0 Å². The predicted octanol–water partition coefficient (Wildman–Crippen LogP) is 3.19. The third kappa shape index (κ3) is 1.37. The molecule has 3 fully saturated rings. The summed E-state index contributed by atoms with van der Waals surface area (Å²) in [7, 11) is 0. The first-order chi connectivity index (χ1) is 8.85. The molecule has 4 unspecified atom stereocenters. The number of rotatable bonds is 4. The van der Waals surface area contributed by atoms with E-state index < -0.39 is 0 Å². The van der Waals surface area contributed by atoms with E-state index in [0.717, 1.165) is 42.5 Å². The summed E-state index contributed by atoms with van der Waals surface area (Å²) in [5, 5.41) is 8.77. The van der Waals surface area contributed by atoms with Crippen LogP contribution in [-0.4, -0.2) is 14.8 Å². The molecule has 0 aliphatic heterocycles. The quantitative estimate of drug-likeness (QED) is 0.783. The van der Waals surface area contributed by atoms with E-state index in [0.29, 0.717) is 11.8 Å². The molecule has 4 rings (SSSR count). The highest BCUT2D eigenvalue weighted by Crippen LogP contribution is 2.72. The van der Waals surface area contributed by atoms with E-state index in [1.54, 1.807) is 0 Å². The maximum absolute atomic E-state index is 5.97. The zero-order valence-electron chi connectivity index (χ0n) is 10.8. The SMILES string of the molecule is CCCn1c(CCl)nnc1C1C2C3CCC(C3)C12. The molecular formula is C14H20ClN3. The molecular weight excluding hydrogens is 246 g/mol. The van der Waals surface area contributed by atoms with E-state index in [9.17, 15) is 0 Å². The van der Waals surface area contributed by atoms with E-state index in [1.807, 2.05) is 0 Å². The van der Waals surface area contributed by atoms with Crippen LogP contribution in [0.1, 0.15) is 50.2 Å². The number of fused-ring (bicyclic) bond motifs is 5. The fraction of sp³-hybridized carbons (Fsp3) is 0.857. The van der Waals surface area contributed by atoms with E-state index >= 15 is 0 Å². The van der Waals surface area contributed by atoms with Gasteiger partial charge >= 0.3 is 0 Å². The molecule has 0 N–H and O–H groups in total. The van der Waals surface area contributed by atoms with Gasteiger partial charge in [-0.15, -0.1) is 21.8 Å². The topological polar surface area (TPSA) is 30.7 Å². The normalized spacial score (nSPS) is 40.2. The van der Waals surface area contributed by atoms with Crippen LogP contribution in [-0.2, 0) is 12.4 Å². The Labute approximate surface area is 113 Å². The Morgan fingerprint density at radius 1 is 1.22 bits per heavy atom. The minimum atomic E-state index is 0.488. The van der Waals surface area contributed by atoms with Gasteiger partial charge in [0.1, 0.15) is 11.6 Å². The van der Waals surface area contributed by atoms with Gasteiger partial charge in [0.05, 0.1) is 5.88 Å². The molecule has 3 aliphatic rings. The van der Waals surface area contributed by atoms with Crippen molar-refractivity contribution in [3.8, 4) is 0 Å². The predicted molar refractivity (Wildman–Crippen MR) is 70.4 cm³/mol. The monoisotopic (exact) mass is 265 g/mol. The zero-order chi connectivity index (χ0) is 12.3. The second kappa shape index (κ2) is 3.96. The Balaban J connectivity index is 1.64. The summed E-state index contributed by atoms with van der Waals surface area (Å²) in [4.78, 5) is 0. The summed E-state index contributed by atoms with van der Waals surface area (Å²) >= 11 is 5.97. The Bertz CT molecular complexity index is 454. The second-order valence-corrected chi connectivity index (χ2v) is 6.54. The fourth-order valence-corrected chi connectivity index (χ4v) is 5.03. The molecule has 98 valence electrons. The molecule has 0 aromatic carbocycles. The van der Waals surface area contributed by atoms with Gasteiger partial charge < -0.3 is 4.57 Å². The van der Waals surface area contributed by atoms with Gasteiger partial charge in [-0.1, -0.05) is 6.92 Å². The summed E-state index contributed by atoms with van der Waals surface area (Å²) in [6.45, 7) is 3.23. The smallest absolute Gasteiger partial charge is 0.147 e. The highest BCUT2D eigenvalue weighted by Gasteiger charge is 2.66. The van der Waals surface area contributed by atoms with Crippen molar-refractivity contribution < 1.29 is 0 Å². The van der Waals surface area contributed by atoms with Gasteiger partial charge in [-0.25, -0.2) is 0 Å². The number of aromatic nitrogens is 3. The molecule has 0 amide bonds. The van der Waals surface area contributed by atoms with Gasteiger partial charge in [0, 0.05) is 12.5 Å². The molecule has 1 heterocycles. The van der Waals surface area contributed by atoms with Crippen LogP contribution in [0.15, 0.2) is 0 Å². The summed E-state index contributed by atoms with van der Waals surface area (Å²) in [6.07, 6.45) is 5.55. The molecule has 4 heteroatoms. The Hall–Kier alpha value is -0.570. The van der Waals surface area contributed by atoms with E-state index in [1.165, 1.54) is 25.1 Å². The Morgan fingerprint density at radius 2 is 1.94 bits per heavy atom. The highest BCUT2D eigenvalue weighted by atomic mass is 35.5. The molecule has 0 saturated heterocycles. The summed E-state index contributed by atoms with van der Waals surface area (Å²) in [5.41, 5.74) is 0. The molecule has 0 radical (unpaired) electrons. The third-order valence-electron chi connectivity index (χ3n) is 5.46. The lowest BCUT2D eigenvalue weighted by atomic mass is 10.0. The maximum atomic E-state index is 5.97. The number of nitrogens with zero attached hydrogens (tertiary/aromatic N) is 3. The van der Waals surface area contributed by atoms with Crippen molar-refractivity contribution in [2.45, 2.75) is 50.9 Å². The van der Waals surface area contributed by atoms with E-state index in [4.69, 9.17) is 11.6 Å². The number of alkyl halides is 1. The maximum Gasteiger partial charge on any atom is 0.147 e. The van der Waals surface area contributed by atoms with Crippen LogP contribution in [0.4, 0.5) is 0 Å². The van der Waals surface area contributed by atoms with Crippen LogP contribution in [0, 0.1) is 23.7 Å². The van der Waals surface area contributed by atoms with Crippen molar-refractivity contribution >= 4 is 11.6 Å². The lowest BCUT2D eigenvalue weighted by molar-refractivity contribution is 0.456. The van der Waals surface area contributed by atoms with Crippen LogP contribution >= 0.6 is 11.6 Å². The van der Waals surface area contributed by atoms with Crippen LogP contribution < -0.4 is 0 Å². The molecule has 3 saturated carbocycles. The van der Waals surface area contributed by atoms with Crippen molar-refractivity contribution in [2.24, 2.45) is 23.7 Å². The van der Waals surface area contributed by atoms with E-state index in [-0.39, 0.29) is 0 Å². The van der Waals surface area contributed by atoms with Gasteiger partial charge in [-0.05, 0) is 49.4 Å². The summed E-state index contributed by atoms with van der Waals surface area (Å²) in [5.74, 6) is 7.28. The van der Waals surface area contributed by atoms with Crippen molar-refractivity contribution in [1.82, 2.24) is 14.8 Å². The van der Waals surface area contributed by atoms with Gasteiger partial charge in [0.2, 0.25) is 0 Å². The molecule has 4 atom stereocenters. The molecule has 1 aromatic rings. The minimum Gasteiger partial charge on any atom is -0.314 e. The van der Waals surface area contributed by atoms with Crippen LogP contribution in [0.3, 0.4) is 0 Å². The molecule has 1 aromatic heterocycles. The van der Waals surface area contributed by atoms with Crippen molar-refractivity contribution in [1.29, 1.82) is 0 Å². The average Bonchev–Trinajstić information content (AvgIpc) is 2.77. The van der Waals surface area contributed by atoms with Gasteiger partial charge in [0.25, 0.3) is 0 Å². The largest absolute Gasteiger partial charge is 0.314 e. The average molecular weight is 266 g/mol. The zero-order valence-corrected chi connectivity index (χ0v) is 11.6. The molecule has 3 nitrogen and oxygen atoms in total. The highest BCUT2D eigenvalue weighted by molar-refractivity contribution is 6.16. The fourth-order valence-electron chi connectivity index (χ4n) is 4.83. The first-order valence-electron chi connectivity index (χ1n) is 7.33. The Kier molecular flexibility index (Phi) is 2.48. The second-order valence-electron chi connectivity index (χ2n) is 6.27. The Morgan fingerprint density at radius 3 is 2.56 bits per heavy atom. The van der Waals surface area contributed by atoms with Crippen molar-refractivity contribution in [3.05, 3.63) is 11.6 Å². The number of hydrogen-bond donors (Lipinski definition) is 0. The summed E-state index contributed by atoms with van der Waals surface area (Å²) in [6, 6.07) is 0. The summed E-state index contributed by atoms with van der Waals surface area (Å²) < 4.78 is 2.30. The lowest BCUT2D eigenvalue weighted by Gasteiger charge is -2.11. The van der Waals surface area contributed by atoms with Gasteiger partial charge in [-0.3, -0.25) is 0 Å². The van der Waals surface area contributed by atoms with Crippen LogP contribution in [0.2, 0.25) is 0 Å². The molecule has 2 bridgehead atoms.